The molecule has 0 aliphatic rings. The van der Waals surface area contributed by atoms with Crippen molar-refractivity contribution in [2.75, 3.05) is 0 Å². The third kappa shape index (κ3) is 4.96. The van der Waals surface area contributed by atoms with Crippen LogP contribution in [0.2, 0.25) is 0 Å². The van der Waals surface area contributed by atoms with Gasteiger partial charge in [0.15, 0.2) is 0 Å². The number of nitrogens with two attached hydrogens (primary N) is 1. The predicted molar refractivity (Wildman–Crippen MR) is 37.4 cm³/mol. The van der Waals surface area contributed by atoms with E-state index in [0.29, 0.717) is 0 Å². The number of carbonyl (C=O) groups excluding carboxylic acids is 2. The Morgan fingerprint density at radius 3 is 2.13 bits per heavy atom. The van der Waals surface area contributed by atoms with Crippen LogP contribution in [-0.2, 0) is 19.1 Å². The van der Waals surface area contributed by atoms with Crippen molar-refractivity contribution in [1.82, 2.24) is 0 Å². The number of hydrogen-bond acceptors (Lipinski definition) is 5. The Kier molecular flexibility index (Phi) is 4.21. The van der Waals surface area contributed by atoms with Gasteiger partial charge < -0.3 is 15.6 Å². The molecule has 0 fully saturated rings. The molecule has 0 spiro atoms. The molecule has 0 saturated carbocycles. The van der Waals surface area contributed by atoms with Crippen molar-refractivity contribution in [1.29, 1.82) is 0 Å². The highest BCUT2D eigenvalue weighted by atomic mass is 19.4. The lowest BCUT2D eigenvalue weighted by Gasteiger charge is -2.07. The fraction of sp³-hybridized carbons (Fsp3) is 0.500. The summed E-state index contributed by atoms with van der Waals surface area (Å²) in [4.78, 5) is 30.7. The molecule has 0 aromatic carbocycles. The third-order valence-electron chi connectivity index (χ3n) is 1.14. The van der Waals surface area contributed by atoms with Crippen LogP contribution in [0.1, 0.15) is 6.42 Å². The fourth-order valence-corrected chi connectivity index (χ4v) is 0.470. The number of carbonyl (C=O) groups is 3. The Balaban J connectivity index is 4.17. The quantitative estimate of drug-likeness (QED) is 0.495. The Morgan fingerprint density at radius 2 is 1.80 bits per heavy atom. The van der Waals surface area contributed by atoms with Gasteiger partial charge in [0.1, 0.15) is 6.04 Å². The lowest BCUT2D eigenvalue weighted by molar-refractivity contribution is -0.202. The molecule has 86 valence electrons. The Morgan fingerprint density at radius 1 is 1.33 bits per heavy atom. The normalized spacial score (nSPS) is 13.1. The summed E-state index contributed by atoms with van der Waals surface area (Å²) in [6.07, 6.45) is -6.32. The summed E-state index contributed by atoms with van der Waals surface area (Å²) in [6.45, 7) is 0. The summed E-state index contributed by atoms with van der Waals surface area (Å²) < 4.78 is 37.9. The Hall–Kier alpha value is -1.64. The van der Waals surface area contributed by atoms with E-state index in [1.807, 2.05) is 0 Å². The molecule has 0 aromatic rings. The van der Waals surface area contributed by atoms with Crippen molar-refractivity contribution in [2.24, 2.45) is 5.73 Å². The lowest BCUT2D eigenvalue weighted by Crippen LogP contribution is -2.35. The van der Waals surface area contributed by atoms with Crippen LogP contribution in [0.3, 0.4) is 0 Å². The minimum absolute atomic E-state index is 1.02. The summed E-state index contributed by atoms with van der Waals surface area (Å²) in [6, 6.07) is -1.71. The number of ether oxygens (including phenoxy) is 1. The molecule has 6 nitrogen and oxygen atoms in total. The van der Waals surface area contributed by atoms with Crippen molar-refractivity contribution in [3.63, 3.8) is 0 Å². The van der Waals surface area contributed by atoms with E-state index >= 15 is 0 Å². The van der Waals surface area contributed by atoms with Gasteiger partial charge in [-0.1, -0.05) is 0 Å². The first-order valence-electron chi connectivity index (χ1n) is 3.44. The van der Waals surface area contributed by atoms with Gasteiger partial charge in [0.05, 0.1) is 6.42 Å². The average Bonchev–Trinajstić information content (AvgIpc) is 2.01. The predicted octanol–water partition coefficient (Wildman–Crippen LogP) is -0.580. The maximum absolute atomic E-state index is 11.5. The van der Waals surface area contributed by atoms with Gasteiger partial charge in [0.25, 0.3) is 0 Å². The summed E-state index contributed by atoms with van der Waals surface area (Å²) in [5.74, 6) is -5.94. The van der Waals surface area contributed by atoms with E-state index in [0.717, 1.165) is 0 Å². The number of alkyl halides is 3. The minimum atomic E-state index is -5.30. The molecule has 0 aliphatic carbocycles. The Labute approximate surface area is 80.8 Å². The van der Waals surface area contributed by atoms with Crippen molar-refractivity contribution in [2.45, 2.75) is 18.6 Å². The van der Waals surface area contributed by atoms with Crippen LogP contribution >= 0.6 is 0 Å². The van der Waals surface area contributed by atoms with Gasteiger partial charge in [-0.25, -0.2) is 4.79 Å². The maximum atomic E-state index is 11.5. The molecule has 0 bridgehead atoms. The van der Waals surface area contributed by atoms with Crippen molar-refractivity contribution >= 4 is 17.9 Å². The highest BCUT2D eigenvalue weighted by Gasteiger charge is 2.42. The number of rotatable bonds is 3. The van der Waals surface area contributed by atoms with E-state index in [-0.39, 0.29) is 0 Å². The van der Waals surface area contributed by atoms with E-state index in [1.54, 1.807) is 0 Å². The molecule has 0 amide bonds. The highest BCUT2D eigenvalue weighted by molar-refractivity contribution is 5.90. The first-order valence-corrected chi connectivity index (χ1v) is 3.44. The smallest absolute Gasteiger partial charge is 0.480 e. The maximum Gasteiger partial charge on any atom is 0.491 e. The van der Waals surface area contributed by atoms with E-state index in [9.17, 15) is 27.6 Å². The van der Waals surface area contributed by atoms with Crippen LogP contribution < -0.4 is 5.73 Å². The molecule has 0 rings (SSSR count). The molecule has 0 unspecified atom stereocenters. The molecule has 0 aliphatic heterocycles. The van der Waals surface area contributed by atoms with Gasteiger partial charge in [-0.15, -0.1) is 0 Å². The second-order valence-electron chi connectivity index (χ2n) is 2.41. The number of esters is 2. The topological polar surface area (TPSA) is 107 Å². The SMILES string of the molecule is N[C@@H](CC(=O)OC(=O)C(F)(F)F)C(=O)O. The molecular formula is C6H6F3NO5. The van der Waals surface area contributed by atoms with E-state index in [2.05, 4.69) is 4.74 Å². The molecule has 0 heterocycles. The van der Waals surface area contributed by atoms with E-state index in [1.165, 1.54) is 0 Å². The zero-order valence-corrected chi connectivity index (χ0v) is 7.08. The number of carboxylic acid groups (broad SMARTS) is 1. The second kappa shape index (κ2) is 4.73. The summed E-state index contributed by atoms with van der Waals surface area (Å²) in [5.41, 5.74) is 4.81. The summed E-state index contributed by atoms with van der Waals surface area (Å²) in [5, 5.41) is 8.18. The van der Waals surface area contributed by atoms with E-state index < -0.39 is 36.5 Å². The minimum Gasteiger partial charge on any atom is -0.480 e. The standard InChI is InChI=1S/C6H6F3NO5/c7-6(8,9)5(14)15-3(11)1-2(10)4(12)13/h2H,1,10H2,(H,12,13)/t2-/m0/s1. The van der Waals surface area contributed by atoms with E-state index in [4.69, 9.17) is 10.8 Å². The fourth-order valence-electron chi connectivity index (χ4n) is 0.470. The van der Waals surface area contributed by atoms with Crippen LogP contribution in [0, 0.1) is 0 Å². The molecule has 15 heavy (non-hydrogen) atoms. The summed E-state index contributed by atoms with van der Waals surface area (Å²) in [7, 11) is 0. The van der Waals surface area contributed by atoms with Crippen molar-refractivity contribution in [3.8, 4) is 0 Å². The molecule has 0 saturated heterocycles. The van der Waals surface area contributed by atoms with Crippen LogP contribution in [0.5, 0.6) is 0 Å². The molecule has 0 radical (unpaired) electrons. The number of halogens is 3. The van der Waals surface area contributed by atoms with Gasteiger partial charge >= 0.3 is 24.1 Å². The van der Waals surface area contributed by atoms with Gasteiger partial charge in [-0.05, 0) is 0 Å². The average molecular weight is 229 g/mol. The monoisotopic (exact) mass is 229 g/mol. The molecular weight excluding hydrogens is 223 g/mol. The van der Waals surface area contributed by atoms with Gasteiger partial charge in [-0.2, -0.15) is 13.2 Å². The Bertz CT molecular complexity index is 287. The highest BCUT2D eigenvalue weighted by Crippen LogP contribution is 2.16. The number of hydrogen-bond donors (Lipinski definition) is 2. The number of aliphatic carboxylic acids is 1. The first kappa shape index (κ1) is 13.4. The van der Waals surface area contributed by atoms with Crippen LogP contribution in [0.4, 0.5) is 13.2 Å². The van der Waals surface area contributed by atoms with Crippen LogP contribution in [0.15, 0.2) is 0 Å². The molecule has 3 N–H and O–H groups in total. The second-order valence-corrected chi connectivity index (χ2v) is 2.41. The zero-order chi connectivity index (χ0) is 12.2. The van der Waals surface area contributed by atoms with Crippen molar-refractivity contribution < 1.29 is 37.4 Å². The molecule has 1 atom stereocenters. The molecule has 0 aromatic heterocycles. The zero-order valence-electron chi connectivity index (χ0n) is 7.08. The number of carboxylic acids is 1. The third-order valence-corrected chi connectivity index (χ3v) is 1.14. The van der Waals surface area contributed by atoms with Crippen molar-refractivity contribution in [3.05, 3.63) is 0 Å². The van der Waals surface area contributed by atoms with Crippen LogP contribution in [0.25, 0.3) is 0 Å². The van der Waals surface area contributed by atoms with Crippen LogP contribution in [-0.4, -0.2) is 35.2 Å². The molecule has 9 heteroatoms. The van der Waals surface area contributed by atoms with Gasteiger partial charge in [0, 0.05) is 0 Å². The largest absolute Gasteiger partial charge is 0.491 e. The van der Waals surface area contributed by atoms with Gasteiger partial charge in [0.2, 0.25) is 0 Å². The lowest BCUT2D eigenvalue weighted by atomic mass is 10.2. The summed E-state index contributed by atoms with van der Waals surface area (Å²) >= 11 is 0. The van der Waals surface area contributed by atoms with Gasteiger partial charge in [-0.3, -0.25) is 9.59 Å². The first-order chi connectivity index (χ1) is 6.64.